The lowest BCUT2D eigenvalue weighted by Gasteiger charge is -2.26. The molecule has 276 valence electrons. The first-order valence-electron chi connectivity index (χ1n) is 18.4. The van der Waals surface area contributed by atoms with Crippen molar-refractivity contribution in [1.29, 1.82) is 0 Å². The minimum atomic E-state index is -1.02. The predicted octanol–water partition coefficient (Wildman–Crippen LogP) is 3.91. The van der Waals surface area contributed by atoms with E-state index in [2.05, 4.69) is 53.7 Å². The number of rotatable bonds is 11. The normalized spacial score (nSPS) is 22.9. The van der Waals surface area contributed by atoms with Crippen LogP contribution in [-0.2, 0) is 32.1 Å². The van der Waals surface area contributed by atoms with E-state index in [1.54, 1.807) is 0 Å². The molecule has 0 spiro atoms. The molecule has 6 rings (SSSR count). The SMILES string of the molecule is C=Cc1c2[nH]c(c1C)/C=C1\NC(C3=c4[nH]c(c(C)c4=C(O)[C@@H]3C(=O)OC)/C=c3\[nH]/c(c(CO)c3CC)=C\2)[C@@H](CCC(=O)OC/C=C(\C)CCC)[C@@H]1C. The van der Waals surface area contributed by atoms with Gasteiger partial charge in [0.15, 0.2) is 0 Å². The predicted molar refractivity (Wildman–Crippen MR) is 204 cm³/mol. The molecule has 10 nitrogen and oxygen atoms in total. The van der Waals surface area contributed by atoms with Gasteiger partial charge in [0.2, 0.25) is 0 Å². The molecule has 1 unspecified atom stereocenters. The van der Waals surface area contributed by atoms with Crippen LogP contribution in [-0.4, -0.2) is 56.9 Å². The van der Waals surface area contributed by atoms with Crippen molar-refractivity contribution < 1.29 is 29.3 Å². The number of methoxy groups -OCH3 is 1. The Labute approximate surface area is 304 Å². The Morgan fingerprint density at radius 1 is 0.981 bits per heavy atom. The van der Waals surface area contributed by atoms with E-state index in [0.717, 1.165) is 74.1 Å². The molecule has 0 aromatic carbocycles. The maximum atomic E-state index is 13.5. The third kappa shape index (κ3) is 6.38. The van der Waals surface area contributed by atoms with E-state index in [-0.39, 0.29) is 43.2 Å². The molecular formula is C42H52N4O6. The second-order valence-corrected chi connectivity index (χ2v) is 14.3. The highest BCUT2D eigenvalue weighted by molar-refractivity contribution is 5.95. The van der Waals surface area contributed by atoms with Crippen LogP contribution in [0.15, 0.2) is 23.9 Å². The summed E-state index contributed by atoms with van der Waals surface area (Å²) in [5, 5.41) is 29.0. The quantitative estimate of drug-likeness (QED) is 0.131. The summed E-state index contributed by atoms with van der Waals surface area (Å²) < 4.78 is 10.9. The molecule has 3 aromatic rings. The number of aromatic nitrogens is 3. The number of fused-ring (bicyclic) bond motifs is 8. The van der Waals surface area contributed by atoms with Crippen LogP contribution in [0.3, 0.4) is 0 Å². The number of ether oxygens (including phenoxy) is 2. The van der Waals surface area contributed by atoms with Crippen LogP contribution in [0, 0.1) is 31.6 Å². The van der Waals surface area contributed by atoms with Gasteiger partial charge in [-0.25, -0.2) is 0 Å². The number of carbonyl (C=O) groups excluding carboxylic acids is 2. The number of allylic oxidation sites excluding steroid dienone is 2. The van der Waals surface area contributed by atoms with Crippen molar-refractivity contribution in [3.8, 4) is 0 Å². The van der Waals surface area contributed by atoms with Gasteiger partial charge in [-0.3, -0.25) is 9.59 Å². The lowest BCUT2D eigenvalue weighted by atomic mass is 9.80. The van der Waals surface area contributed by atoms with E-state index in [0.29, 0.717) is 29.0 Å². The molecule has 52 heavy (non-hydrogen) atoms. The average molecular weight is 709 g/mol. The van der Waals surface area contributed by atoms with Gasteiger partial charge in [-0.15, -0.1) is 0 Å². The van der Waals surface area contributed by atoms with E-state index in [1.165, 1.54) is 12.7 Å². The Morgan fingerprint density at radius 3 is 2.37 bits per heavy atom. The van der Waals surface area contributed by atoms with Gasteiger partial charge in [-0.05, 0) is 92.5 Å². The monoisotopic (exact) mass is 708 g/mol. The van der Waals surface area contributed by atoms with Gasteiger partial charge in [0, 0.05) is 62.2 Å². The van der Waals surface area contributed by atoms with Crippen molar-refractivity contribution in [3.05, 3.63) is 90.1 Å². The van der Waals surface area contributed by atoms with Crippen LogP contribution in [0.5, 0.6) is 0 Å². The third-order valence-corrected chi connectivity index (χ3v) is 11.3. The van der Waals surface area contributed by atoms with Gasteiger partial charge in [0.1, 0.15) is 18.3 Å². The summed E-state index contributed by atoms with van der Waals surface area (Å²) in [4.78, 5) is 37.3. The molecule has 0 radical (unpaired) electrons. The van der Waals surface area contributed by atoms with Crippen molar-refractivity contribution in [1.82, 2.24) is 20.3 Å². The summed E-state index contributed by atoms with van der Waals surface area (Å²) in [5.41, 5.74) is 9.90. The second kappa shape index (κ2) is 14.9. The maximum Gasteiger partial charge on any atom is 0.320 e. The molecule has 8 bridgehead atoms. The van der Waals surface area contributed by atoms with Crippen LogP contribution in [0.4, 0.5) is 0 Å². The summed E-state index contributed by atoms with van der Waals surface area (Å²) in [6.07, 6.45) is 13.3. The van der Waals surface area contributed by atoms with Crippen LogP contribution in [0.1, 0.15) is 98.3 Å². The fourth-order valence-electron chi connectivity index (χ4n) is 8.46. The Bertz CT molecular complexity index is 2240. The van der Waals surface area contributed by atoms with Crippen LogP contribution in [0.25, 0.3) is 35.6 Å². The number of aliphatic hydroxyl groups excluding tert-OH is 2. The Kier molecular flexibility index (Phi) is 10.6. The number of hydrogen-bond acceptors (Lipinski definition) is 7. The summed E-state index contributed by atoms with van der Waals surface area (Å²) in [7, 11) is 1.33. The molecule has 0 amide bonds. The van der Waals surface area contributed by atoms with Gasteiger partial charge in [0.25, 0.3) is 0 Å². The Balaban J connectivity index is 1.57. The fourth-order valence-corrected chi connectivity index (χ4v) is 8.46. The summed E-state index contributed by atoms with van der Waals surface area (Å²) in [6.45, 7) is 16.5. The van der Waals surface area contributed by atoms with E-state index < -0.39 is 17.9 Å². The second-order valence-electron chi connectivity index (χ2n) is 14.3. The number of nitrogens with one attached hydrogen (secondary N) is 4. The Hall–Kier alpha value is -4.96. The van der Waals surface area contributed by atoms with Crippen LogP contribution >= 0.6 is 0 Å². The van der Waals surface area contributed by atoms with Gasteiger partial charge in [0.05, 0.1) is 25.1 Å². The van der Waals surface area contributed by atoms with Crippen molar-refractivity contribution in [2.75, 3.05) is 13.7 Å². The van der Waals surface area contributed by atoms with Crippen molar-refractivity contribution in [3.63, 3.8) is 0 Å². The molecule has 3 aromatic heterocycles. The molecule has 1 saturated heterocycles. The molecule has 10 heteroatoms. The first-order valence-corrected chi connectivity index (χ1v) is 18.4. The molecule has 5 heterocycles. The first kappa shape index (κ1) is 36.8. The third-order valence-electron chi connectivity index (χ3n) is 11.3. The van der Waals surface area contributed by atoms with Crippen molar-refractivity contribution >= 4 is 47.6 Å². The minimum absolute atomic E-state index is 0.0554. The molecule has 6 N–H and O–H groups in total. The molecular weight excluding hydrogens is 656 g/mol. The number of aliphatic hydroxyl groups is 2. The molecule has 4 atom stereocenters. The number of aromatic amines is 3. The van der Waals surface area contributed by atoms with Crippen molar-refractivity contribution in [2.24, 2.45) is 17.8 Å². The average Bonchev–Trinajstić information content (AvgIpc) is 3.87. The lowest BCUT2D eigenvalue weighted by molar-refractivity contribution is -0.143. The fraction of sp³-hybridized carbons (Fsp3) is 0.429. The zero-order valence-corrected chi connectivity index (χ0v) is 31.4. The largest absolute Gasteiger partial charge is 0.510 e. The molecule has 3 aliphatic rings. The topological polar surface area (TPSA) is 152 Å². The molecule has 0 saturated carbocycles. The zero-order chi connectivity index (χ0) is 37.4. The van der Waals surface area contributed by atoms with E-state index in [9.17, 15) is 19.8 Å². The highest BCUT2D eigenvalue weighted by Gasteiger charge is 2.47. The van der Waals surface area contributed by atoms with E-state index >= 15 is 0 Å². The standard InChI is InChI=1S/C42H52N4O6/c1-9-12-21(4)15-16-52-35(48)14-13-27-23(6)30-17-29-22(5)25(10-2)32(43-29)19-34-28(20-47)26(11-3)33(44-34)18-31-24(7)36-40(46-31)37(39(27)45-30)38(41(36)49)42(50)51-8/h10,15,17-19,23,27,38-39,43-47,49H,2,9,11-14,16,20H2,1,3-8H3/b21-15+,30-17-,33-18-,34-19-/t23-,27-,38+,39?/m0/s1. The number of carbonyl (C=O) groups is 2. The summed E-state index contributed by atoms with van der Waals surface area (Å²) in [5.74, 6) is -2.09. The lowest BCUT2D eigenvalue weighted by Crippen LogP contribution is -2.38. The van der Waals surface area contributed by atoms with E-state index in [1.807, 2.05) is 45.1 Å². The molecule has 1 aliphatic carbocycles. The number of hydrogen-bond donors (Lipinski definition) is 6. The summed E-state index contributed by atoms with van der Waals surface area (Å²) >= 11 is 0. The Morgan fingerprint density at radius 2 is 1.69 bits per heavy atom. The van der Waals surface area contributed by atoms with Gasteiger partial charge in [-0.1, -0.05) is 45.4 Å². The van der Waals surface area contributed by atoms with Gasteiger partial charge >= 0.3 is 11.9 Å². The van der Waals surface area contributed by atoms with Crippen LogP contribution < -0.4 is 26.6 Å². The number of esters is 2. The highest BCUT2D eigenvalue weighted by Crippen LogP contribution is 2.42. The van der Waals surface area contributed by atoms with Gasteiger partial charge < -0.3 is 40.0 Å². The number of H-pyrrole nitrogens is 3. The van der Waals surface area contributed by atoms with Crippen molar-refractivity contribution in [2.45, 2.75) is 86.3 Å². The molecule has 2 aliphatic heterocycles. The minimum Gasteiger partial charge on any atom is -0.510 e. The summed E-state index contributed by atoms with van der Waals surface area (Å²) in [6, 6.07) is -0.420. The highest BCUT2D eigenvalue weighted by atomic mass is 16.5. The molecule has 1 fully saturated rings. The van der Waals surface area contributed by atoms with Crippen LogP contribution in [0.2, 0.25) is 0 Å². The first-order chi connectivity index (χ1) is 25.0. The van der Waals surface area contributed by atoms with E-state index in [4.69, 9.17) is 9.47 Å². The maximum absolute atomic E-state index is 13.5. The smallest absolute Gasteiger partial charge is 0.320 e. The van der Waals surface area contributed by atoms with Gasteiger partial charge in [-0.2, -0.15) is 0 Å². The zero-order valence-electron chi connectivity index (χ0n) is 31.4.